The molecule has 0 aromatic heterocycles. The van der Waals surface area contributed by atoms with Crippen LogP contribution in [0.4, 0.5) is 11.4 Å². The van der Waals surface area contributed by atoms with Crippen LogP contribution in [0, 0.1) is 26.9 Å². The molecular formula is C15H19N3O2. The molecule has 5 heteroatoms. The summed E-state index contributed by atoms with van der Waals surface area (Å²) in [6.45, 7) is 6.33. The second-order valence-electron chi connectivity index (χ2n) is 5.72. The fraction of sp³-hybridized carbons (Fsp3) is 0.533. The van der Waals surface area contributed by atoms with E-state index >= 15 is 0 Å². The first-order chi connectivity index (χ1) is 9.49. The molecular weight excluding hydrogens is 254 g/mol. The van der Waals surface area contributed by atoms with Gasteiger partial charge < -0.3 is 4.90 Å². The molecule has 0 N–H and O–H groups in total. The molecule has 0 radical (unpaired) electrons. The maximum absolute atomic E-state index is 11.0. The number of benzene rings is 1. The van der Waals surface area contributed by atoms with Crippen molar-refractivity contribution in [2.45, 2.75) is 33.1 Å². The SMILES string of the molecule is CCC1(C)CCN(c2ccc(C#N)c([N+](=O)[O-])c2)CC1. The molecule has 0 spiro atoms. The number of hydrogen-bond donors (Lipinski definition) is 0. The van der Waals surface area contributed by atoms with E-state index in [0.29, 0.717) is 5.41 Å². The quantitative estimate of drug-likeness (QED) is 0.624. The van der Waals surface area contributed by atoms with Gasteiger partial charge in [-0.15, -0.1) is 0 Å². The smallest absolute Gasteiger partial charge is 0.289 e. The molecule has 1 saturated heterocycles. The molecule has 0 saturated carbocycles. The Hall–Kier alpha value is -2.09. The molecule has 106 valence electrons. The van der Waals surface area contributed by atoms with Crippen molar-refractivity contribution < 1.29 is 4.92 Å². The molecule has 20 heavy (non-hydrogen) atoms. The molecule has 1 aromatic carbocycles. The van der Waals surface area contributed by atoms with Crippen LogP contribution in [0.25, 0.3) is 0 Å². The van der Waals surface area contributed by atoms with Crippen LogP contribution in [0.5, 0.6) is 0 Å². The molecule has 1 aromatic rings. The minimum Gasteiger partial charge on any atom is -0.371 e. The van der Waals surface area contributed by atoms with E-state index in [1.807, 2.05) is 6.07 Å². The van der Waals surface area contributed by atoms with E-state index in [0.717, 1.165) is 38.0 Å². The lowest BCUT2D eigenvalue weighted by Crippen LogP contribution is -2.38. The molecule has 0 bridgehead atoms. The fourth-order valence-electron chi connectivity index (χ4n) is 2.62. The van der Waals surface area contributed by atoms with Crippen molar-refractivity contribution in [1.82, 2.24) is 0 Å². The molecule has 0 unspecified atom stereocenters. The van der Waals surface area contributed by atoms with Gasteiger partial charge in [0.05, 0.1) is 4.92 Å². The lowest BCUT2D eigenvalue weighted by atomic mass is 9.78. The highest BCUT2D eigenvalue weighted by atomic mass is 16.6. The average molecular weight is 273 g/mol. The number of anilines is 1. The lowest BCUT2D eigenvalue weighted by molar-refractivity contribution is -0.385. The van der Waals surface area contributed by atoms with Gasteiger partial charge in [0.1, 0.15) is 11.6 Å². The van der Waals surface area contributed by atoms with E-state index in [-0.39, 0.29) is 11.3 Å². The minimum absolute atomic E-state index is 0.103. The Bertz CT molecular complexity index is 555. The van der Waals surface area contributed by atoms with Gasteiger partial charge in [0, 0.05) is 24.8 Å². The highest BCUT2D eigenvalue weighted by Gasteiger charge is 2.29. The summed E-state index contributed by atoms with van der Waals surface area (Å²) >= 11 is 0. The Labute approximate surface area is 119 Å². The number of nitrogens with zero attached hydrogens (tertiary/aromatic N) is 3. The predicted molar refractivity (Wildman–Crippen MR) is 77.7 cm³/mol. The highest BCUT2D eigenvalue weighted by molar-refractivity contribution is 5.60. The fourth-order valence-corrected chi connectivity index (χ4v) is 2.62. The first kappa shape index (κ1) is 14.3. The summed E-state index contributed by atoms with van der Waals surface area (Å²) in [7, 11) is 0. The zero-order valence-corrected chi connectivity index (χ0v) is 11.9. The van der Waals surface area contributed by atoms with Gasteiger partial charge in [0.15, 0.2) is 0 Å². The zero-order chi connectivity index (χ0) is 14.8. The average Bonchev–Trinajstić information content (AvgIpc) is 2.47. The van der Waals surface area contributed by atoms with Gasteiger partial charge in [-0.1, -0.05) is 20.3 Å². The standard InChI is InChI=1S/C15H19N3O2/c1-3-15(2)6-8-17(9-7-15)13-5-4-12(11-16)14(10-13)18(19)20/h4-5,10H,3,6-9H2,1-2H3. The Morgan fingerprint density at radius 3 is 2.60 bits per heavy atom. The summed E-state index contributed by atoms with van der Waals surface area (Å²) in [5.74, 6) is 0. The first-order valence-electron chi connectivity index (χ1n) is 6.92. The third-order valence-corrected chi connectivity index (χ3v) is 4.49. The van der Waals surface area contributed by atoms with Crippen LogP contribution in [-0.2, 0) is 0 Å². The summed E-state index contributed by atoms with van der Waals surface area (Å²) in [5.41, 5.74) is 1.24. The summed E-state index contributed by atoms with van der Waals surface area (Å²) < 4.78 is 0. The van der Waals surface area contributed by atoms with Crippen LogP contribution in [0.3, 0.4) is 0 Å². The maximum Gasteiger partial charge on any atom is 0.289 e. The second kappa shape index (κ2) is 5.49. The van der Waals surface area contributed by atoms with Crippen molar-refractivity contribution >= 4 is 11.4 Å². The molecule has 1 aliphatic heterocycles. The normalized spacial score (nSPS) is 17.6. The Balaban J connectivity index is 2.21. The van der Waals surface area contributed by atoms with Gasteiger partial charge >= 0.3 is 0 Å². The van der Waals surface area contributed by atoms with Crippen molar-refractivity contribution in [2.75, 3.05) is 18.0 Å². The molecule has 5 nitrogen and oxygen atoms in total. The van der Waals surface area contributed by atoms with Gasteiger partial charge in [-0.2, -0.15) is 5.26 Å². The number of hydrogen-bond acceptors (Lipinski definition) is 4. The van der Waals surface area contributed by atoms with Crippen LogP contribution in [0.15, 0.2) is 18.2 Å². The van der Waals surface area contributed by atoms with E-state index in [1.165, 1.54) is 6.07 Å². The van der Waals surface area contributed by atoms with Crippen molar-refractivity contribution in [3.8, 4) is 6.07 Å². The lowest BCUT2D eigenvalue weighted by Gasteiger charge is -2.40. The largest absolute Gasteiger partial charge is 0.371 e. The molecule has 0 atom stereocenters. The number of piperidine rings is 1. The molecule has 1 aliphatic rings. The van der Waals surface area contributed by atoms with Gasteiger partial charge in [-0.3, -0.25) is 10.1 Å². The van der Waals surface area contributed by atoms with E-state index in [2.05, 4.69) is 18.7 Å². The molecule has 0 aliphatic carbocycles. The van der Waals surface area contributed by atoms with E-state index in [4.69, 9.17) is 5.26 Å². The molecule has 1 heterocycles. The summed E-state index contributed by atoms with van der Waals surface area (Å²) in [6, 6.07) is 6.74. The van der Waals surface area contributed by atoms with Gasteiger partial charge in [-0.05, 0) is 30.4 Å². The third-order valence-electron chi connectivity index (χ3n) is 4.49. The van der Waals surface area contributed by atoms with Crippen LogP contribution < -0.4 is 4.90 Å². The van der Waals surface area contributed by atoms with E-state index in [9.17, 15) is 10.1 Å². The van der Waals surface area contributed by atoms with Crippen molar-refractivity contribution in [1.29, 1.82) is 5.26 Å². The molecule has 1 fully saturated rings. The van der Waals surface area contributed by atoms with E-state index in [1.54, 1.807) is 12.1 Å². The van der Waals surface area contributed by atoms with Crippen molar-refractivity contribution in [3.63, 3.8) is 0 Å². The minimum atomic E-state index is -0.484. The number of nitro benzene ring substituents is 1. The first-order valence-corrected chi connectivity index (χ1v) is 6.92. The second-order valence-corrected chi connectivity index (χ2v) is 5.72. The third kappa shape index (κ3) is 2.74. The van der Waals surface area contributed by atoms with Crippen LogP contribution in [-0.4, -0.2) is 18.0 Å². The highest BCUT2D eigenvalue weighted by Crippen LogP contribution is 2.36. The number of nitriles is 1. The van der Waals surface area contributed by atoms with Gasteiger partial charge in [-0.25, -0.2) is 0 Å². The van der Waals surface area contributed by atoms with Crippen LogP contribution in [0.2, 0.25) is 0 Å². The summed E-state index contributed by atoms with van der Waals surface area (Å²) in [5, 5.41) is 19.9. The predicted octanol–water partition coefficient (Wildman–Crippen LogP) is 3.48. The zero-order valence-electron chi connectivity index (χ0n) is 11.9. The van der Waals surface area contributed by atoms with E-state index < -0.39 is 4.92 Å². The Morgan fingerprint density at radius 1 is 1.45 bits per heavy atom. The van der Waals surface area contributed by atoms with Crippen molar-refractivity contribution in [3.05, 3.63) is 33.9 Å². The summed E-state index contributed by atoms with van der Waals surface area (Å²) in [4.78, 5) is 12.7. The maximum atomic E-state index is 11.0. The number of rotatable bonds is 3. The molecule has 0 amide bonds. The summed E-state index contributed by atoms with van der Waals surface area (Å²) in [6.07, 6.45) is 3.35. The monoisotopic (exact) mass is 273 g/mol. The van der Waals surface area contributed by atoms with Gasteiger partial charge in [0.2, 0.25) is 0 Å². The van der Waals surface area contributed by atoms with Crippen molar-refractivity contribution in [2.24, 2.45) is 5.41 Å². The Kier molecular flexibility index (Phi) is 3.93. The molecule has 2 rings (SSSR count). The van der Waals surface area contributed by atoms with Crippen LogP contribution >= 0.6 is 0 Å². The van der Waals surface area contributed by atoms with Crippen LogP contribution in [0.1, 0.15) is 38.7 Å². The number of nitro groups is 1. The van der Waals surface area contributed by atoms with Gasteiger partial charge in [0.25, 0.3) is 5.69 Å². The topological polar surface area (TPSA) is 70.2 Å². The Morgan fingerprint density at radius 2 is 2.10 bits per heavy atom.